The number of carboxylic acid groups (broad SMARTS) is 1. The molecule has 0 aliphatic rings. The van der Waals surface area contributed by atoms with Gasteiger partial charge in [-0.1, -0.05) is 38.1 Å². The van der Waals surface area contributed by atoms with Gasteiger partial charge in [0, 0.05) is 6.42 Å². The second-order valence-electron chi connectivity index (χ2n) is 5.52. The molecule has 1 atom stereocenters. The van der Waals surface area contributed by atoms with Crippen LogP contribution in [0, 0.1) is 5.92 Å². The Morgan fingerprint density at radius 2 is 1.70 bits per heavy atom. The number of aliphatic carboxylic acids is 1. The SMILES string of the molecule is CC(C)Cc1ccc(C(C)NC(=O)CCC(=O)O)cc1. The van der Waals surface area contributed by atoms with Gasteiger partial charge in [-0.2, -0.15) is 0 Å². The molecule has 0 fully saturated rings. The Balaban J connectivity index is 2.52. The molecule has 20 heavy (non-hydrogen) atoms. The highest BCUT2D eigenvalue weighted by Gasteiger charge is 2.11. The van der Waals surface area contributed by atoms with E-state index in [-0.39, 0.29) is 24.8 Å². The Bertz CT molecular complexity index is 451. The Morgan fingerprint density at radius 3 is 2.20 bits per heavy atom. The molecule has 0 saturated carbocycles. The van der Waals surface area contributed by atoms with E-state index in [1.54, 1.807) is 0 Å². The van der Waals surface area contributed by atoms with Crippen molar-refractivity contribution in [2.24, 2.45) is 5.92 Å². The Kier molecular flexibility index (Phi) is 6.22. The molecule has 2 N–H and O–H groups in total. The van der Waals surface area contributed by atoms with Gasteiger partial charge in [0.25, 0.3) is 0 Å². The lowest BCUT2D eigenvalue weighted by Crippen LogP contribution is -2.26. The van der Waals surface area contributed by atoms with Crippen molar-refractivity contribution < 1.29 is 14.7 Å². The maximum atomic E-state index is 11.6. The normalized spacial score (nSPS) is 12.2. The summed E-state index contributed by atoms with van der Waals surface area (Å²) >= 11 is 0. The lowest BCUT2D eigenvalue weighted by atomic mass is 10.00. The predicted molar refractivity (Wildman–Crippen MR) is 78.4 cm³/mol. The second-order valence-corrected chi connectivity index (χ2v) is 5.52. The Labute approximate surface area is 120 Å². The first-order chi connectivity index (χ1) is 9.38. The molecule has 110 valence electrons. The van der Waals surface area contributed by atoms with Crippen molar-refractivity contribution in [2.75, 3.05) is 0 Å². The summed E-state index contributed by atoms with van der Waals surface area (Å²) in [7, 11) is 0. The maximum Gasteiger partial charge on any atom is 0.303 e. The largest absolute Gasteiger partial charge is 0.481 e. The van der Waals surface area contributed by atoms with E-state index in [1.807, 2.05) is 19.1 Å². The van der Waals surface area contributed by atoms with E-state index in [4.69, 9.17) is 5.11 Å². The molecular weight excluding hydrogens is 254 g/mol. The predicted octanol–water partition coefficient (Wildman–Crippen LogP) is 2.93. The van der Waals surface area contributed by atoms with Gasteiger partial charge in [-0.05, 0) is 30.4 Å². The summed E-state index contributed by atoms with van der Waals surface area (Å²) in [6, 6.07) is 8.08. The van der Waals surface area contributed by atoms with Crippen LogP contribution in [-0.2, 0) is 16.0 Å². The zero-order valence-corrected chi connectivity index (χ0v) is 12.3. The number of rotatable bonds is 7. The van der Waals surface area contributed by atoms with Gasteiger partial charge >= 0.3 is 5.97 Å². The van der Waals surface area contributed by atoms with Crippen molar-refractivity contribution in [1.29, 1.82) is 0 Å². The van der Waals surface area contributed by atoms with E-state index >= 15 is 0 Å². The molecule has 0 radical (unpaired) electrons. The molecule has 1 aromatic carbocycles. The Morgan fingerprint density at radius 1 is 1.10 bits per heavy atom. The van der Waals surface area contributed by atoms with Gasteiger partial charge in [-0.25, -0.2) is 0 Å². The van der Waals surface area contributed by atoms with Gasteiger partial charge in [0.2, 0.25) is 5.91 Å². The molecule has 0 aliphatic heterocycles. The van der Waals surface area contributed by atoms with Gasteiger partial charge in [-0.3, -0.25) is 9.59 Å². The fraction of sp³-hybridized carbons (Fsp3) is 0.500. The molecule has 4 nitrogen and oxygen atoms in total. The fourth-order valence-electron chi connectivity index (χ4n) is 2.03. The van der Waals surface area contributed by atoms with E-state index in [9.17, 15) is 9.59 Å². The monoisotopic (exact) mass is 277 g/mol. The molecule has 1 aromatic rings. The van der Waals surface area contributed by atoms with Crippen LogP contribution in [0.4, 0.5) is 0 Å². The standard InChI is InChI=1S/C16H23NO3/c1-11(2)10-13-4-6-14(7-5-13)12(3)17-15(18)8-9-16(19)20/h4-7,11-12H,8-10H2,1-3H3,(H,17,18)(H,19,20). The summed E-state index contributed by atoms with van der Waals surface area (Å²) in [5.41, 5.74) is 2.31. The number of hydrogen-bond acceptors (Lipinski definition) is 2. The van der Waals surface area contributed by atoms with Gasteiger partial charge in [0.15, 0.2) is 0 Å². The number of benzene rings is 1. The molecule has 4 heteroatoms. The van der Waals surface area contributed by atoms with Crippen molar-refractivity contribution >= 4 is 11.9 Å². The molecule has 0 saturated heterocycles. The highest BCUT2D eigenvalue weighted by Crippen LogP contribution is 2.15. The summed E-state index contributed by atoms with van der Waals surface area (Å²) in [6.45, 7) is 6.26. The van der Waals surface area contributed by atoms with Crippen molar-refractivity contribution in [3.8, 4) is 0 Å². The van der Waals surface area contributed by atoms with Crippen molar-refractivity contribution in [3.63, 3.8) is 0 Å². The van der Waals surface area contributed by atoms with E-state index in [1.165, 1.54) is 5.56 Å². The minimum Gasteiger partial charge on any atom is -0.481 e. The van der Waals surface area contributed by atoms with Crippen molar-refractivity contribution in [2.45, 2.75) is 46.1 Å². The number of amides is 1. The summed E-state index contributed by atoms with van der Waals surface area (Å²) < 4.78 is 0. The summed E-state index contributed by atoms with van der Waals surface area (Å²) in [5.74, 6) is -0.564. The topological polar surface area (TPSA) is 66.4 Å². The molecule has 0 heterocycles. The van der Waals surface area contributed by atoms with Crippen molar-refractivity contribution in [1.82, 2.24) is 5.32 Å². The third-order valence-corrected chi connectivity index (χ3v) is 3.07. The van der Waals surface area contributed by atoms with Crippen LogP contribution >= 0.6 is 0 Å². The molecule has 1 unspecified atom stereocenters. The van der Waals surface area contributed by atoms with Crippen LogP contribution in [0.5, 0.6) is 0 Å². The van der Waals surface area contributed by atoms with Crippen LogP contribution in [0.1, 0.15) is 50.8 Å². The highest BCUT2D eigenvalue weighted by atomic mass is 16.4. The maximum absolute atomic E-state index is 11.6. The minimum atomic E-state index is -0.953. The molecule has 1 rings (SSSR count). The van der Waals surface area contributed by atoms with Crippen LogP contribution in [0.2, 0.25) is 0 Å². The summed E-state index contributed by atoms with van der Waals surface area (Å²) in [6.07, 6.45) is 0.927. The van der Waals surface area contributed by atoms with Crippen LogP contribution in [0.25, 0.3) is 0 Å². The molecule has 0 aromatic heterocycles. The Hall–Kier alpha value is -1.84. The molecule has 0 aliphatic carbocycles. The molecular formula is C16H23NO3. The highest BCUT2D eigenvalue weighted by molar-refractivity contribution is 5.80. The first-order valence-electron chi connectivity index (χ1n) is 6.98. The summed E-state index contributed by atoms with van der Waals surface area (Å²) in [5, 5.41) is 11.3. The fourth-order valence-corrected chi connectivity index (χ4v) is 2.03. The van der Waals surface area contributed by atoms with Gasteiger partial charge in [0.1, 0.15) is 0 Å². The lowest BCUT2D eigenvalue weighted by molar-refractivity contribution is -0.138. The molecule has 0 bridgehead atoms. The van der Waals surface area contributed by atoms with Crippen molar-refractivity contribution in [3.05, 3.63) is 35.4 Å². The number of carbonyl (C=O) groups excluding carboxylic acids is 1. The van der Waals surface area contributed by atoms with Crippen LogP contribution in [0.15, 0.2) is 24.3 Å². The van der Waals surface area contributed by atoms with Gasteiger partial charge in [0.05, 0.1) is 12.5 Å². The van der Waals surface area contributed by atoms with Gasteiger partial charge in [-0.15, -0.1) is 0 Å². The minimum absolute atomic E-state index is 0.0190. The number of hydrogen-bond donors (Lipinski definition) is 2. The quantitative estimate of drug-likeness (QED) is 0.805. The van der Waals surface area contributed by atoms with Crippen LogP contribution in [-0.4, -0.2) is 17.0 Å². The lowest BCUT2D eigenvalue weighted by Gasteiger charge is -2.15. The van der Waals surface area contributed by atoms with Crippen LogP contribution < -0.4 is 5.32 Å². The second kappa shape index (κ2) is 7.68. The zero-order valence-electron chi connectivity index (χ0n) is 12.3. The first-order valence-corrected chi connectivity index (χ1v) is 6.98. The number of nitrogens with one attached hydrogen (secondary N) is 1. The van der Waals surface area contributed by atoms with E-state index < -0.39 is 5.97 Å². The first kappa shape index (κ1) is 16.2. The average molecular weight is 277 g/mol. The third-order valence-electron chi connectivity index (χ3n) is 3.07. The third kappa shape index (κ3) is 5.87. The van der Waals surface area contributed by atoms with Crippen LogP contribution in [0.3, 0.4) is 0 Å². The zero-order chi connectivity index (χ0) is 15.1. The average Bonchev–Trinajstić information content (AvgIpc) is 2.36. The molecule has 1 amide bonds. The van der Waals surface area contributed by atoms with Gasteiger partial charge < -0.3 is 10.4 Å². The number of carboxylic acids is 1. The van der Waals surface area contributed by atoms with E-state index in [2.05, 4.69) is 31.3 Å². The van der Waals surface area contributed by atoms with E-state index in [0.29, 0.717) is 5.92 Å². The number of carbonyl (C=O) groups is 2. The molecule has 0 spiro atoms. The summed E-state index contributed by atoms with van der Waals surface area (Å²) in [4.78, 5) is 22.0. The smallest absolute Gasteiger partial charge is 0.303 e. The van der Waals surface area contributed by atoms with E-state index in [0.717, 1.165) is 12.0 Å².